The number of ether oxygens (including phenoxy) is 1. The van der Waals surface area contributed by atoms with E-state index in [9.17, 15) is 9.59 Å². The standard InChI is InChI=1S/C16H19N3O3S/c1-5-22-15(21)12-9-23-16(17-12)18-14(20)11-6-7-13(19(3)4)10(2)8-11/h6-9H,5H2,1-4H3,(H,17,18,20). The lowest BCUT2D eigenvalue weighted by atomic mass is 10.1. The molecule has 0 atom stereocenters. The first-order valence-corrected chi connectivity index (χ1v) is 8.02. The van der Waals surface area contributed by atoms with E-state index in [1.54, 1.807) is 18.4 Å². The Hall–Kier alpha value is -2.41. The third-order valence-corrected chi connectivity index (χ3v) is 3.91. The fourth-order valence-corrected chi connectivity index (χ4v) is 2.77. The van der Waals surface area contributed by atoms with Gasteiger partial charge in [0.2, 0.25) is 0 Å². The molecule has 0 aliphatic carbocycles. The molecule has 0 saturated carbocycles. The third kappa shape index (κ3) is 4.07. The molecule has 7 heteroatoms. The van der Waals surface area contributed by atoms with Crippen LogP contribution < -0.4 is 10.2 Å². The predicted octanol–water partition coefficient (Wildman–Crippen LogP) is 2.95. The van der Waals surface area contributed by atoms with Gasteiger partial charge in [-0.1, -0.05) is 0 Å². The fourth-order valence-electron chi connectivity index (χ4n) is 2.10. The van der Waals surface area contributed by atoms with Crippen LogP contribution in [0, 0.1) is 6.92 Å². The fraction of sp³-hybridized carbons (Fsp3) is 0.312. The second-order valence-electron chi connectivity index (χ2n) is 5.11. The number of thiazole rings is 1. The first-order chi connectivity index (χ1) is 10.9. The van der Waals surface area contributed by atoms with E-state index < -0.39 is 5.97 Å². The van der Waals surface area contributed by atoms with E-state index in [1.165, 1.54) is 11.3 Å². The summed E-state index contributed by atoms with van der Waals surface area (Å²) in [5.74, 6) is -0.751. The molecular weight excluding hydrogens is 314 g/mol. The Labute approximate surface area is 139 Å². The zero-order chi connectivity index (χ0) is 17.0. The average molecular weight is 333 g/mol. The van der Waals surface area contributed by atoms with E-state index in [4.69, 9.17) is 4.74 Å². The lowest BCUT2D eigenvalue weighted by molar-refractivity contribution is 0.0520. The molecule has 0 bridgehead atoms. The SMILES string of the molecule is CCOC(=O)c1csc(NC(=O)c2ccc(N(C)C)c(C)c2)n1. The number of carbonyl (C=O) groups excluding carboxylic acids is 2. The van der Waals surface area contributed by atoms with Crippen molar-refractivity contribution in [2.24, 2.45) is 0 Å². The minimum absolute atomic E-state index is 0.200. The topological polar surface area (TPSA) is 71.5 Å². The molecular formula is C16H19N3O3S. The number of benzene rings is 1. The van der Waals surface area contributed by atoms with Gasteiger partial charge in [0.15, 0.2) is 10.8 Å². The van der Waals surface area contributed by atoms with E-state index in [0.29, 0.717) is 10.7 Å². The molecule has 0 unspecified atom stereocenters. The molecule has 0 aliphatic heterocycles. The quantitative estimate of drug-likeness (QED) is 0.852. The minimum atomic E-state index is -0.490. The van der Waals surface area contributed by atoms with Crippen LogP contribution in [-0.4, -0.2) is 37.6 Å². The Bertz CT molecular complexity index is 725. The molecule has 0 aliphatic rings. The molecule has 1 aromatic carbocycles. The summed E-state index contributed by atoms with van der Waals surface area (Å²) < 4.78 is 4.87. The van der Waals surface area contributed by atoms with Gasteiger partial charge in [0.05, 0.1) is 6.61 Å². The molecule has 122 valence electrons. The molecule has 6 nitrogen and oxygen atoms in total. The maximum Gasteiger partial charge on any atom is 0.357 e. The monoisotopic (exact) mass is 333 g/mol. The molecule has 1 amide bonds. The number of aryl methyl sites for hydroxylation is 1. The van der Waals surface area contributed by atoms with E-state index in [1.807, 2.05) is 38.1 Å². The van der Waals surface area contributed by atoms with Gasteiger partial charge >= 0.3 is 5.97 Å². The van der Waals surface area contributed by atoms with Crippen molar-refractivity contribution in [1.29, 1.82) is 0 Å². The first-order valence-electron chi connectivity index (χ1n) is 7.14. The van der Waals surface area contributed by atoms with Crippen molar-refractivity contribution >= 4 is 34.0 Å². The second-order valence-corrected chi connectivity index (χ2v) is 5.97. The number of amides is 1. The van der Waals surface area contributed by atoms with Crippen molar-refractivity contribution in [1.82, 2.24) is 4.98 Å². The average Bonchev–Trinajstić information content (AvgIpc) is 2.95. The van der Waals surface area contributed by atoms with Crippen molar-refractivity contribution in [3.63, 3.8) is 0 Å². The van der Waals surface area contributed by atoms with Crippen molar-refractivity contribution in [2.45, 2.75) is 13.8 Å². The number of rotatable bonds is 5. The van der Waals surface area contributed by atoms with Crippen LogP contribution in [0.4, 0.5) is 10.8 Å². The Balaban J connectivity index is 2.10. The zero-order valence-corrected chi connectivity index (χ0v) is 14.4. The molecule has 0 radical (unpaired) electrons. The molecule has 0 fully saturated rings. The highest BCUT2D eigenvalue weighted by molar-refractivity contribution is 7.14. The predicted molar refractivity (Wildman–Crippen MR) is 91.5 cm³/mol. The number of esters is 1. The second kappa shape index (κ2) is 7.23. The molecule has 0 saturated heterocycles. The van der Waals surface area contributed by atoms with Gasteiger partial charge in [0.25, 0.3) is 5.91 Å². The van der Waals surface area contributed by atoms with Crippen LogP contribution in [0.25, 0.3) is 0 Å². The number of carbonyl (C=O) groups is 2. The Kier molecular flexibility index (Phi) is 5.33. The lowest BCUT2D eigenvalue weighted by Gasteiger charge is -2.16. The summed E-state index contributed by atoms with van der Waals surface area (Å²) >= 11 is 1.19. The minimum Gasteiger partial charge on any atom is -0.461 e. The molecule has 2 rings (SSSR count). The summed E-state index contributed by atoms with van der Waals surface area (Å²) in [6, 6.07) is 5.48. The van der Waals surface area contributed by atoms with Gasteiger partial charge in [-0.2, -0.15) is 0 Å². The van der Waals surface area contributed by atoms with Crippen molar-refractivity contribution in [3.8, 4) is 0 Å². The van der Waals surface area contributed by atoms with Gasteiger partial charge in [-0.3, -0.25) is 10.1 Å². The summed E-state index contributed by atoms with van der Waals surface area (Å²) in [7, 11) is 3.91. The highest BCUT2D eigenvalue weighted by Gasteiger charge is 2.14. The number of hydrogen-bond acceptors (Lipinski definition) is 6. The summed E-state index contributed by atoms with van der Waals surface area (Å²) in [5, 5.41) is 4.63. The first kappa shape index (κ1) is 17.0. The third-order valence-electron chi connectivity index (χ3n) is 3.15. The van der Waals surface area contributed by atoms with Crippen molar-refractivity contribution in [2.75, 3.05) is 30.9 Å². The van der Waals surface area contributed by atoms with Gasteiger partial charge < -0.3 is 9.64 Å². The van der Waals surface area contributed by atoms with Crippen LogP contribution in [-0.2, 0) is 4.74 Å². The Morgan fingerprint density at radius 1 is 1.35 bits per heavy atom. The molecule has 1 heterocycles. The van der Waals surface area contributed by atoms with Crippen molar-refractivity contribution in [3.05, 3.63) is 40.4 Å². The number of nitrogens with zero attached hydrogens (tertiary/aromatic N) is 2. The zero-order valence-electron chi connectivity index (χ0n) is 13.5. The van der Waals surface area contributed by atoms with Crippen LogP contribution in [0.2, 0.25) is 0 Å². The van der Waals surface area contributed by atoms with E-state index in [-0.39, 0.29) is 18.2 Å². The van der Waals surface area contributed by atoms with Gasteiger partial charge in [0.1, 0.15) is 0 Å². The highest BCUT2D eigenvalue weighted by Crippen LogP contribution is 2.21. The summed E-state index contributed by atoms with van der Waals surface area (Å²) in [6.07, 6.45) is 0. The van der Waals surface area contributed by atoms with Gasteiger partial charge in [-0.15, -0.1) is 11.3 Å². The normalized spacial score (nSPS) is 10.3. The van der Waals surface area contributed by atoms with E-state index in [0.717, 1.165) is 11.3 Å². The number of hydrogen-bond donors (Lipinski definition) is 1. The summed E-state index contributed by atoms with van der Waals surface area (Å²) in [6.45, 7) is 3.97. The Morgan fingerprint density at radius 3 is 2.70 bits per heavy atom. The summed E-state index contributed by atoms with van der Waals surface area (Å²) in [5.41, 5.74) is 2.81. The Morgan fingerprint density at radius 2 is 2.09 bits per heavy atom. The van der Waals surface area contributed by atoms with E-state index in [2.05, 4.69) is 10.3 Å². The van der Waals surface area contributed by atoms with Crippen molar-refractivity contribution < 1.29 is 14.3 Å². The maximum atomic E-state index is 12.3. The lowest BCUT2D eigenvalue weighted by Crippen LogP contribution is -2.14. The van der Waals surface area contributed by atoms with Crippen LogP contribution in [0.3, 0.4) is 0 Å². The smallest absolute Gasteiger partial charge is 0.357 e. The molecule has 0 spiro atoms. The van der Waals surface area contributed by atoms with E-state index >= 15 is 0 Å². The molecule has 2 aromatic rings. The van der Waals surface area contributed by atoms with Gasteiger partial charge in [-0.25, -0.2) is 9.78 Å². The number of anilines is 2. The van der Waals surface area contributed by atoms with Crippen LogP contribution in [0.1, 0.15) is 33.3 Å². The van der Waals surface area contributed by atoms with Crippen LogP contribution >= 0.6 is 11.3 Å². The van der Waals surface area contributed by atoms with Gasteiger partial charge in [-0.05, 0) is 37.6 Å². The molecule has 23 heavy (non-hydrogen) atoms. The largest absolute Gasteiger partial charge is 0.461 e. The number of nitrogens with one attached hydrogen (secondary N) is 1. The number of aromatic nitrogens is 1. The highest BCUT2D eigenvalue weighted by atomic mass is 32.1. The van der Waals surface area contributed by atoms with Crippen LogP contribution in [0.15, 0.2) is 23.6 Å². The summed E-state index contributed by atoms with van der Waals surface area (Å²) in [4.78, 5) is 29.9. The maximum absolute atomic E-state index is 12.3. The van der Waals surface area contributed by atoms with Crippen LogP contribution in [0.5, 0.6) is 0 Å². The molecule has 1 aromatic heterocycles. The molecule has 1 N–H and O–H groups in total. The van der Waals surface area contributed by atoms with Gasteiger partial charge in [0, 0.05) is 30.7 Å².